The second-order valence-electron chi connectivity index (χ2n) is 8.15. The van der Waals surface area contributed by atoms with Crippen LogP contribution in [0.5, 0.6) is 0 Å². The Balaban J connectivity index is 1.77. The van der Waals surface area contributed by atoms with Gasteiger partial charge in [-0.15, -0.1) is 0 Å². The molecule has 8 nitrogen and oxygen atoms in total. The third kappa shape index (κ3) is 4.30. The second-order valence-corrected chi connectivity index (χ2v) is 8.15. The first kappa shape index (κ1) is 21.4. The maximum absolute atomic E-state index is 14.4. The number of hydrogen-bond acceptors (Lipinski definition) is 7. The van der Waals surface area contributed by atoms with Crippen molar-refractivity contribution in [1.29, 1.82) is 0 Å². The standard InChI is InChI=1S/C22H23F2N7O/c1-22(2,32)11-28-17-19(25)29-21(30-20(17)26)13-7-14-16(8-27-18(14)24)31(10-13)9-12-5-3-4-6-15(12)23/h3-8,10,28,32H,9,11H2,1-2H3,(H4,25,26,29,30). The quantitative estimate of drug-likeness (QED) is 0.363. The number of nitrogens with two attached hydrogens (primary N) is 2. The number of hydrogen-bond donors (Lipinski definition) is 4. The van der Waals surface area contributed by atoms with Crippen LogP contribution < -0.4 is 16.8 Å². The molecule has 4 rings (SSSR count). The van der Waals surface area contributed by atoms with Gasteiger partial charge >= 0.3 is 0 Å². The Morgan fingerprint density at radius 3 is 2.47 bits per heavy atom. The van der Waals surface area contributed by atoms with E-state index in [9.17, 15) is 13.9 Å². The van der Waals surface area contributed by atoms with Gasteiger partial charge in [-0.3, -0.25) is 0 Å². The van der Waals surface area contributed by atoms with Crippen LogP contribution in [0.1, 0.15) is 19.4 Å². The van der Waals surface area contributed by atoms with Crippen molar-refractivity contribution in [1.82, 2.24) is 19.5 Å². The number of benzene rings is 1. The Hall–Kier alpha value is -3.79. The zero-order chi connectivity index (χ0) is 23.0. The summed E-state index contributed by atoms with van der Waals surface area (Å²) in [6.07, 6.45) is 3.07. The Morgan fingerprint density at radius 1 is 1.12 bits per heavy atom. The van der Waals surface area contributed by atoms with Gasteiger partial charge in [0.1, 0.15) is 11.5 Å². The van der Waals surface area contributed by atoms with Crippen molar-refractivity contribution in [2.24, 2.45) is 0 Å². The van der Waals surface area contributed by atoms with E-state index in [1.807, 2.05) is 0 Å². The molecular weight excluding hydrogens is 416 g/mol. The summed E-state index contributed by atoms with van der Waals surface area (Å²) in [7, 11) is 0. The zero-order valence-corrected chi connectivity index (χ0v) is 17.6. The SMILES string of the molecule is CC(C)(O)CNc1c(N)nc(-c2cc3c(F)ncc-3n(Cc3ccccc3F)c2)nc1N. The molecule has 2 aliphatic rings. The summed E-state index contributed by atoms with van der Waals surface area (Å²) in [6.45, 7) is 3.60. The number of halogens is 2. The molecule has 0 saturated heterocycles. The van der Waals surface area contributed by atoms with Gasteiger partial charge in [0, 0.05) is 23.9 Å². The number of aliphatic hydroxyl groups is 1. The summed E-state index contributed by atoms with van der Waals surface area (Å²) in [5.74, 6) is -0.685. The van der Waals surface area contributed by atoms with Gasteiger partial charge in [0.05, 0.1) is 29.6 Å². The number of pyridine rings is 1. The minimum atomic E-state index is -0.997. The van der Waals surface area contributed by atoms with Crippen LogP contribution in [-0.2, 0) is 6.54 Å². The molecule has 166 valence electrons. The molecule has 0 bridgehead atoms. The molecule has 1 aromatic carbocycles. The van der Waals surface area contributed by atoms with Gasteiger partial charge in [-0.25, -0.2) is 19.3 Å². The van der Waals surface area contributed by atoms with Crippen molar-refractivity contribution >= 4 is 17.3 Å². The highest BCUT2D eigenvalue weighted by molar-refractivity contribution is 5.78. The number of anilines is 3. The van der Waals surface area contributed by atoms with E-state index in [0.29, 0.717) is 22.5 Å². The van der Waals surface area contributed by atoms with Crippen molar-refractivity contribution in [2.45, 2.75) is 26.0 Å². The van der Waals surface area contributed by atoms with Crippen molar-refractivity contribution in [3.05, 3.63) is 60.1 Å². The summed E-state index contributed by atoms with van der Waals surface area (Å²) in [4.78, 5) is 12.4. The van der Waals surface area contributed by atoms with E-state index in [0.717, 1.165) is 0 Å². The number of fused-ring (bicyclic) bond motifs is 1. The minimum absolute atomic E-state index is 0.0820. The van der Waals surface area contributed by atoms with Crippen molar-refractivity contribution in [2.75, 3.05) is 23.3 Å². The van der Waals surface area contributed by atoms with Crippen LogP contribution in [0.25, 0.3) is 22.6 Å². The molecule has 1 aromatic heterocycles. The van der Waals surface area contributed by atoms with Crippen LogP contribution in [0.15, 0.2) is 42.7 Å². The van der Waals surface area contributed by atoms with Gasteiger partial charge in [0.25, 0.3) is 0 Å². The second kappa shape index (κ2) is 8.04. The molecule has 0 unspecified atom stereocenters. The smallest absolute Gasteiger partial charge is 0.222 e. The molecule has 6 N–H and O–H groups in total. The fourth-order valence-electron chi connectivity index (χ4n) is 3.33. The van der Waals surface area contributed by atoms with Crippen LogP contribution in [0.3, 0.4) is 0 Å². The summed E-state index contributed by atoms with van der Waals surface area (Å²) in [5, 5.41) is 12.9. The Labute approximate surface area is 183 Å². The van der Waals surface area contributed by atoms with E-state index in [1.165, 1.54) is 12.3 Å². The minimum Gasteiger partial charge on any atom is -0.389 e. The summed E-state index contributed by atoms with van der Waals surface area (Å²) in [6, 6.07) is 7.90. The summed E-state index contributed by atoms with van der Waals surface area (Å²) in [5.41, 5.74) is 13.1. The van der Waals surface area contributed by atoms with Crippen LogP contribution in [0, 0.1) is 11.8 Å². The first-order valence-corrected chi connectivity index (χ1v) is 9.90. The molecule has 2 aliphatic heterocycles. The molecule has 0 amide bonds. The van der Waals surface area contributed by atoms with Gasteiger partial charge in [-0.1, -0.05) is 18.2 Å². The number of nitrogens with one attached hydrogen (secondary N) is 1. The molecule has 0 radical (unpaired) electrons. The van der Waals surface area contributed by atoms with E-state index in [1.54, 1.807) is 48.9 Å². The number of nitrogens with zero attached hydrogens (tertiary/aromatic N) is 4. The Bertz CT molecular complexity index is 1230. The molecule has 2 aromatic rings. The molecule has 32 heavy (non-hydrogen) atoms. The Morgan fingerprint density at radius 2 is 1.81 bits per heavy atom. The lowest BCUT2D eigenvalue weighted by Crippen LogP contribution is -2.30. The highest BCUT2D eigenvalue weighted by atomic mass is 19.1. The molecule has 0 atom stereocenters. The van der Waals surface area contributed by atoms with Crippen molar-refractivity contribution in [3.8, 4) is 22.6 Å². The average molecular weight is 439 g/mol. The normalized spacial score (nSPS) is 11.8. The third-order valence-electron chi connectivity index (χ3n) is 4.92. The van der Waals surface area contributed by atoms with Crippen LogP contribution >= 0.6 is 0 Å². The van der Waals surface area contributed by atoms with Gasteiger partial charge in [-0.05, 0) is 26.0 Å². The first-order chi connectivity index (χ1) is 15.1. The fourth-order valence-corrected chi connectivity index (χ4v) is 3.33. The number of aromatic nitrogens is 4. The molecule has 0 saturated carbocycles. The van der Waals surface area contributed by atoms with E-state index < -0.39 is 11.5 Å². The molecule has 10 heteroatoms. The van der Waals surface area contributed by atoms with E-state index in [4.69, 9.17) is 11.5 Å². The summed E-state index contributed by atoms with van der Waals surface area (Å²) < 4.78 is 30.3. The zero-order valence-electron chi connectivity index (χ0n) is 17.6. The highest BCUT2D eigenvalue weighted by Gasteiger charge is 2.21. The van der Waals surface area contributed by atoms with E-state index >= 15 is 0 Å². The van der Waals surface area contributed by atoms with Crippen LogP contribution in [0.2, 0.25) is 0 Å². The average Bonchev–Trinajstić information content (AvgIpc) is 3.09. The number of rotatable bonds is 6. The van der Waals surface area contributed by atoms with Crippen molar-refractivity contribution in [3.63, 3.8) is 0 Å². The molecule has 0 fully saturated rings. The van der Waals surface area contributed by atoms with Gasteiger partial charge in [0.15, 0.2) is 17.5 Å². The summed E-state index contributed by atoms with van der Waals surface area (Å²) >= 11 is 0. The van der Waals surface area contributed by atoms with Gasteiger partial charge < -0.3 is 26.5 Å². The largest absolute Gasteiger partial charge is 0.389 e. The monoisotopic (exact) mass is 439 g/mol. The number of nitrogen functional groups attached to an aromatic ring is 2. The first-order valence-electron chi connectivity index (χ1n) is 9.90. The lowest BCUT2D eigenvalue weighted by atomic mass is 10.1. The lowest BCUT2D eigenvalue weighted by Gasteiger charge is -2.20. The van der Waals surface area contributed by atoms with E-state index in [-0.39, 0.29) is 41.9 Å². The Kier molecular flexibility index (Phi) is 5.39. The lowest BCUT2D eigenvalue weighted by molar-refractivity contribution is 0.0945. The maximum atomic E-state index is 14.4. The van der Waals surface area contributed by atoms with E-state index in [2.05, 4.69) is 20.3 Å². The third-order valence-corrected chi connectivity index (χ3v) is 4.92. The predicted molar refractivity (Wildman–Crippen MR) is 119 cm³/mol. The molecule has 0 aliphatic carbocycles. The highest BCUT2D eigenvalue weighted by Crippen LogP contribution is 2.33. The molecular formula is C22H23F2N7O. The van der Waals surface area contributed by atoms with Gasteiger partial charge in [-0.2, -0.15) is 4.39 Å². The van der Waals surface area contributed by atoms with Gasteiger partial charge in [0.2, 0.25) is 5.95 Å². The maximum Gasteiger partial charge on any atom is 0.222 e. The molecule has 3 heterocycles. The fraction of sp³-hybridized carbons (Fsp3) is 0.227. The van der Waals surface area contributed by atoms with Crippen LogP contribution in [0.4, 0.5) is 26.1 Å². The molecule has 0 spiro atoms. The van der Waals surface area contributed by atoms with Crippen LogP contribution in [-0.4, -0.2) is 36.8 Å². The topological polar surface area (TPSA) is 128 Å². The van der Waals surface area contributed by atoms with Crippen molar-refractivity contribution < 1.29 is 13.9 Å². The predicted octanol–water partition coefficient (Wildman–Crippen LogP) is 3.12.